The molecule has 0 aliphatic carbocycles. The van der Waals surface area contributed by atoms with Crippen LogP contribution in [-0.4, -0.2) is 36.3 Å². The van der Waals surface area contributed by atoms with Crippen LogP contribution in [0.1, 0.15) is 33.6 Å². The van der Waals surface area contributed by atoms with Gasteiger partial charge < -0.3 is 9.64 Å². The predicted octanol–water partition coefficient (Wildman–Crippen LogP) is 1.75. The van der Waals surface area contributed by atoms with Crippen LogP contribution in [0.25, 0.3) is 0 Å². The molecule has 0 fully saturated rings. The van der Waals surface area contributed by atoms with E-state index in [0.717, 1.165) is 6.42 Å². The molecule has 96 valence electrons. The number of rotatable bonds is 4. The highest BCUT2D eigenvalue weighted by molar-refractivity contribution is 6.17. The summed E-state index contributed by atoms with van der Waals surface area (Å²) >= 11 is 0. The van der Waals surface area contributed by atoms with Gasteiger partial charge in [-0.2, -0.15) is 0 Å². The van der Waals surface area contributed by atoms with Gasteiger partial charge in [-0.25, -0.2) is 4.79 Å². The summed E-state index contributed by atoms with van der Waals surface area (Å²) in [5, 5.41) is 0. The Bertz CT molecular complexity index is 334. The fourth-order valence-corrected chi connectivity index (χ4v) is 2.02. The summed E-state index contributed by atoms with van der Waals surface area (Å²) in [4.78, 5) is 25.3. The predicted molar refractivity (Wildman–Crippen MR) is 65.3 cm³/mol. The molecule has 0 aromatic carbocycles. The Labute approximate surface area is 103 Å². The van der Waals surface area contributed by atoms with Crippen molar-refractivity contribution in [3.63, 3.8) is 0 Å². The molecule has 0 saturated carbocycles. The molecule has 17 heavy (non-hydrogen) atoms. The Morgan fingerprint density at radius 2 is 2.24 bits per heavy atom. The lowest BCUT2D eigenvalue weighted by Crippen LogP contribution is -2.37. The molecule has 1 atom stereocenters. The summed E-state index contributed by atoms with van der Waals surface area (Å²) in [6.07, 6.45) is 2.98. The molecule has 1 rings (SSSR count). The quantitative estimate of drug-likeness (QED) is 0.554. The number of carbonyl (C=O) groups is 2. The molecule has 4 heteroatoms. The van der Waals surface area contributed by atoms with Gasteiger partial charge in [-0.05, 0) is 19.3 Å². The standard InChI is InChI=1S/C13H21NO3/c1-5-17-13(16)11-8-14(4)10(6-9(2)3)7-12(11)15/h8-10H,5-7H2,1-4H3/t10-/m0/s1. The van der Waals surface area contributed by atoms with E-state index < -0.39 is 5.97 Å². The number of esters is 1. The molecule has 0 spiro atoms. The summed E-state index contributed by atoms with van der Waals surface area (Å²) in [6.45, 7) is 6.28. The van der Waals surface area contributed by atoms with Crippen LogP contribution in [0.15, 0.2) is 11.8 Å². The lowest BCUT2D eigenvalue weighted by Gasteiger charge is -2.32. The Kier molecular flexibility index (Phi) is 4.73. The zero-order valence-corrected chi connectivity index (χ0v) is 11.0. The van der Waals surface area contributed by atoms with Crippen molar-refractivity contribution in [3.8, 4) is 0 Å². The highest BCUT2D eigenvalue weighted by Gasteiger charge is 2.30. The first-order valence-corrected chi connectivity index (χ1v) is 6.09. The summed E-state index contributed by atoms with van der Waals surface area (Å²) in [7, 11) is 1.90. The first-order chi connectivity index (χ1) is 7.95. The van der Waals surface area contributed by atoms with Gasteiger partial charge in [0.1, 0.15) is 5.57 Å². The van der Waals surface area contributed by atoms with Crippen LogP contribution in [-0.2, 0) is 14.3 Å². The molecule has 4 nitrogen and oxygen atoms in total. The van der Waals surface area contributed by atoms with Crippen molar-refractivity contribution in [3.05, 3.63) is 11.8 Å². The summed E-state index contributed by atoms with van der Waals surface area (Å²) in [5.41, 5.74) is 0.175. The average Bonchev–Trinajstić information content (AvgIpc) is 2.22. The van der Waals surface area contributed by atoms with Crippen molar-refractivity contribution in [1.29, 1.82) is 0 Å². The van der Waals surface area contributed by atoms with Gasteiger partial charge in [0.05, 0.1) is 6.61 Å². The van der Waals surface area contributed by atoms with Gasteiger partial charge in [0.2, 0.25) is 0 Å². The van der Waals surface area contributed by atoms with E-state index >= 15 is 0 Å². The fraction of sp³-hybridized carbons (Fsp3) is 0.692. The van der Waals surface area contributed by atoms with E-state index in [2.05, 4.69) is 13.8 Å². The summed E-state index contributed by atoms with van der Waals surface area (Å²) < 4.78 is 4.86. The molecule has 1 heterocycles. The van der Waals surface area contributed by atoms with E-state index in [1.54, 1.807) is 13.1 Å². The molecule has 0 radical (unpaired) electrons. The van der Waals surface area contributed by atoms with Gasteiger partial charge in [0, 0.05) is 25.7 Å². The Balaban J connectivity index is 2.77. The van der Waals surface area contributed by atoms with E-state index in [9.17, 15) is 9.59 Å². The van der Waals surface area contributed by atoms with Crippen molar-refractivity contribution < 1.29 is 14.3 Å². The molecule has 1 aliphatic rings. The van der Waals surface area contributed by atoms with E-state index in [0.29, 0.717) is 18.9 Å². The molecule has 0 saturated heterocycles. The van der Waals surface area contributed by atoms with Gasteiger partial charge in [0.15, 0.2) is 5.78 Å². The summed E-state index contributed by atoms with van der Waals surface area (Å²) in [6, 6.07) is 0.195. The van der Waals surface area contributed by atoms with E-state index in [1.165, 1.54) is 0 Å². The van der Waals surface area contributed by atoms with Crippen LogP contribution in [0.4, 0.5) is 0 Å². The van der Waals surface area contributed by atoms with Crippen molar-refractivity contribution >= 4 is 11.8 Å². The number of carbonyl (C=O) groups excluding carboxylic acids is 2. The Hall–Kier alpha value is -1.32. The van der Waals surface area contributed by atoms with Crippen molar-refractivity contribution in [2.24, 2.45) is 5.92 Å². The van der Waals surface area contributed by atoms with Crippen LogP contribution >= 0.6 is 0 Å². The van der Waals surface area contributed by atoms with Crippen LogP contribution in [0, 0.1) is 5.92 Å². The number of Topliss-reactive ketones (excluding diaryl/α,β-unsaturated/α-hetero) is 1. The topological polar surface area (TPSA) is 46.6 Å². The second-order valence-electron chi connectivity index (χ2n) is 4.84. The van der Waals surface area contributed by atoms with Crippen LogP contribution in [0.3, 0.4) is 0 Å². The van der Waals surface area contributed by atoms with Crippen LogP contribution in [0.5, 0.6) is 0 Å². The molecule has 0 amide bonds. The lowest BCUT2D eigenvalue weighted by molar-refractivity contribution is -0.140. The monoisotopic (exact) mass is 239 g/mol. The second kappa shape index (κ2) is 5.84. The Morgan fingerprint density at radius 3 is 2.76 bits per heavy atom. The molecule has 0 unspecified atom stereocenters. The van der Waals surface area contributed by atoms with Gasteiger partial charge in [-0.3, -0.25) is 4.79 Å². The molecule has 0 aromatic rings. The molecule has 1 aliphatic heterocycles. The van der Waals surface area contributed by atoms with E-state index in [1.807, 2.05) is 11.9 Å². The lowest BCUT2D eigenvalue weighted by atomic mass is 9.93. The second-order valence-corrected chi connectivity index (χ2v) is 4.84. The van der Waals surface area contributed by atoms with Crippen LogP contribution < -0.4 is 0 Å². The molecular weight excluding hydrogens is 218 g/mol. The minimum Gasteiger partial charge on any atom is -0.462 e. The van der Waals surface area contributed by atoms with E-state index in [4.69, 9.17) is 4.74 Å². The molecule has 0 aromatic heterocycles. The Morgan fingerprint density at radius 1 is 1.59 bits per heavy atom. The molecule has 0 bridgehead atoms. The normalized spacial score (nSPS) is 20.5. The number of hydrogen-bond donors (Lipinski definition) is 0. The van der Waals surface area contributed by atoms with Crippen molar-refractivity contribution in [2.45, 2.75) is 39.7 Å². The van der Waals surface area contributed by atoms with Gasteiger partial charge >= 0.3 is 5.97 Å². The zero-order chi connectivity index (χ0) is 13.0. The SMILES string of the molecule is CCOC(=O)C1=CN(C)[C@@H](CC(C)C)CC1=O. The number of ketones is 1. The maximum Gasteiger partial charge on any atom is 0.343 e. The maximum atomic E-state index is 11.9. The molecular formula is C13H21NO3. The highest BCUT2D eigenvalue weighted by Crippen LogP contribution is 2.22. The van der Waals surface area contributed by atoms with E-state index in [-0.39, 0.29) is 17.4 Å². The number of hydrogen-bond acceptors (Lipinski definition) is 4. The third kappa shape index (κ3) is 3.58. The van der Waals surface area contributed by atoms with Gasteiger partial charge in [-0.15, -0.1) is 0 Å². The molecule has 0 N–H and O–H groups in total. The first kappa shape index (κ1) is 13.7. The third-order valence-corrected chi connectivity index (χ3v) is 2.87. The fourth-order valence-electron chi connectivity index (χ4n) is 2.02. The number of nitrogens with zero attached hydrogens (tertiary/aromatic N) is 1. The van der Waals surface area contributed by atoms with Gasteiger partial charge in [0.25, 0.3) is 0 Å². The maximum absolute atomic E-state index is 11.9. The smallest absolute Gasteiger partial charge is 0.343 e. The van der Waals surface area contributed by atoms with Crippen LogP contribution in [0.2, 0.25) is 0 Å². The minimum atomic E-state index is -0.507. The highest BCUT2D eigenvalue weighted by atomic mass is 16.5. The average molecular weight is 239 g/mol. The minimum absolute atomic E-state index is 0.104. The largest absolute Gasteiger partial charge is 0.462 e. The summed E-state index contributed by atoms with van der Waals surface area (Å²) in [5.74, 6) is -0.0765. The zero-order valence-electron chi connectivity index (χ0n) is 11.0. The van der Waals surface area contributed by atoms with Gasteiger partial charge in [-0.1, -0.05) is 13.8 Å². The number of ether oxygens (including phenoxy) is 1. The van der Waals surface area contributed by atoms with Crippen molar-refractivity contribution in [2.75, 3.05) is 13.7 Å². The van der Waals surface area contributed by atoms with Crippen molar-refractivity contribution in [1.82, 2.24) is 4.90 Å². The third-order valence-electron chi connectivity index (χ3n) is 2.87. The first-order valence-electron chi connectivity index (χ1n) is 6.09.